The highest BCUT2D eigenvalue weighted by Gasteiger charge is 2.31. The zero-order valence-electron chi connectivity index (χ0n) is 13.8. The number of nitrogens with zero attached hydrogens (tertiary/aromatic N) is 1. The van der Waals surface area contributed by atoms with E-state index < -0.39 is 17.7 Å². The second-order valence-electron chi connectivity index (χ2n) is 6.17. The molecule has 0 bridgehead atoms. The van der Waals surface area contributed by atoms with Gasteiger partial charge in [-0.05, 0) is 44.9 Å². The van der Waals surface area contributed by atoms with Gasteiger partial charge in [0.05, 0.1) is 18.7 Å². The van der Waals surface area contributed by atoms with E-state index in [1.165, 1.54) is 4.90 Å². The molecular formula is C17H22F2N2O3. The summed E-state index contributed by atoms with van der Waals surface area (Å²) >= 11 is 0. The summed E-state index contributed by atoms with van der Waals surface area (Å²) in [5, 5.41) is 3.07. The van der Waals surface area contributed by atoms with Crippen molar-refractivity contribution < 1.29 is 23.1 Å². The molecule has 1 aliphatic heterocycles. The Hall–Kier alpha value is -2.02. The van der Waals surface area contributed by atoms with Gasteiger partial charge in [0.1, 0.15) is 11.6 Å². The number of amides is 1. The van der Waals surface area contributed by atoms with Crippen LogP contribution in [0.3, 0.4) is 0 Å². The van der Waals surface area contributed by atoms with Crippen molar-refractivity contribution in [3.05, 3.63) is 35.4 Å². The van der Waals surface area contributed by atoms with Gasteiger partial charge in [-0.3, -0.25) is 9.59 Å². The first-order valence-corrected chi connectivity index (χ1v) is 7.99. The number of likely N-dealkylation sites (tertiary alicyclic amines) is 1. The molecule has 132 valence electrons. The van der Waals surface area contributed by atoms with Crippen molar-refractivity contribution in [1.29, 1.82) is 0 Å². The van der Waals surface area contributed by atoms with Crippen LogP contribution in [-0.4, -0.2) is 42.5 Å². The highest BCUT2D eigenvalue weighted by Crippen LogP contribution is 2.32. The summed E-state index contributed by atoms with van der Waals surface area (Å²) in [6.45, 7) is 3.98. The molecule has 1 aromatic rings. The Labute approximate surface area is 140 Å². The van der Waals surface area contributed by atoms with Gasteiger partial charge in [-0.15, -0.1) is 0 Å². The topological polar surface area (TPSA) is 58.6 Å². The molecule has 0 aromatic heterocycles. The zero-order chi connectivity index (χ0) is 17.7. The lowest BCUT2D eigenvalue weighted by Crippen LogP contribution is -2.45. The van der Waals surface area contributed by atoms with Gasteiger partial charge in [0, 0.05) is 18.2 Å². The fourth-order valence-electron chi connectivity index (χ4n) is 2.90. The van der Waals surface area contributed by atoms with Crippen molar-refractivity contribution >= 4 is 12.4 Å². The van der Waals surface area contributed by atoms with E-state index >= 15 is 0 Å². The average Bonchev–Trinajstić information content (AvgIpc) is 2.54. The largest absolute Gasteiger partial charge is 0.462 e. The Balaban J connectivity index is 2.05. The van der Waals surface area contributed by atoms with Gasteiger partial charge in [-0.1, -0.05) is 0 Å². The molecule has 24 heavy (non-hydrogen) atoms. The molecule has 0 saturated carbocycles. The van der Waals surface area contributed by atoms with Crippen LogP contribution in [0, 0.1) is 11.6 Å². The predicted molar refractivity (Wildman–Crippen MR) is 84.1 cm³/mol. The number of rotatable bonds is 6. The monoisotopic (exact) mass is 340 g/mol. The molecule has 1 saturated heterocycles. The second-order valence-corrected chi connectivity index (χ2v) is 6.17. The van der Waals surface area contributed by atoms with Crippen molar-refractivity contribution in [3.8, 4) is 0 Å². The lowest BCUT2D eigenvalue weighted by molar-refractivity contribution is -0.146. The maximum atomic E-state index is 14.0. The molecule has 1 aromatic carbocycles. The predicted octanol–water partition coefficient (Wildman–Crippen LogP) is 2.17. The lowest BCUT2D eigenvalue weighted by Gasteiger charge is -2.38. The van der Waals surface area contributed by atoms with E-state index in [4.69, 9.17) is 4.74 Å². The Morgan fingerprint density at radius 1 is 1.46 bits per heavy atom. The quantitative estimate of drug-likeness (QED) is 0.637. The minimum Gasteiger partial charge on any atom is -0.462 e. The van der Waals surface area contributed by atoms with Crippen molar-refractivity contribution in [1.82, 2.24) is 10.2 Å². The highest BCUT2D eigenvalue weighted by molar-refractivity contribution is 5.71. The van der Waals surface area contributed by atoms with E-state index in [0.717, 1.165) is 18.2 Å². The van der Waals surface area contributed by atoms with Crippen LogP contribution in [0.5, 0.6) is 0 Å². The first kappa shape index (κ1) is 18.3. The fraction of sp³-hybridized carbons (Fsp3) is 0.529. The molecule has 2 atom stereocenters. The van der Waals surface area contributed by atoms with Gasteiger partial charge in [-0.2, -0.15) is 0 Å². The van der Waals surface area contributed by atoms with Crippen LogP contribution in [0.25, 0.3) is 0 Å². The van der Waals surface area contributed by atoms with E-state index in [-0.39, 0.29) is 30.2 Å². The maximum Gasteiger partial charge on any atom is 0.320 e. The van der Waals surface area contributed by atoms with Crippen molar-refractivity contribution in [2.75, 3.05) is 13.1 Å². The minimum atomic E-state index is -0.564. The molecule has 1 fully saturated rings. The van der Waals surface area contributed by atoms with Crippen molar-refractivity contribution in [3.63, 3.8) is 0 Å². The Morgan fingerprint density at radius 2 is 2.21 bits per heavy atom. The smallest absolute Gasteiger partial charge is 0.320 e. The first-order valence-electron chi connectivity index (χ1n) is 7.99. The minimum absolute atomic E-state index is 0.0439. The molecule has 0 radical (unpaired) electrons. The number of hydrogen-bond donors (Lipinski definition) is 1. The Morgan fingerprint density at radius 3 is 2.88 bits per heavy atom. The molecule has 1 N–H and O–H groups in total. The van der Waals surface area contributed by atoms with Gasteiger partial charge in [-0.25, -0.2) is 8.78 Å². The van der Waals surface area contributed by atoms with Crippen LogP contribution >= 0.6 is 0 Å². The number of hydrogen-bond acceptors (Lipinski definition) is 4. The molecular weight excluding hydrogens is 318 g/mol. The molecule has 5 nitrogen and oxygen atoms in total. The summed E-state index contributed by atoms with van der Waals surface area (Å²) in [4.78, 5) is 24.3. The second kappa shape index (κ2) is 8.19. The van der Waals surface area contributed by atoms with Gasteiger partial charge < -0.3 is 15.0 Å². The first-order chi connectivity index (χ1) is 11.4. The molecule has 0 aliphatic carbocycles. The summed E-state index contributed by atoms with van der Waals surface area (Å²) < 4.78 is 32.6. The molecule has 1 amide bonds. The summed E-state index contributed by atoms with van der Waals surface area (Å²) in [5.41, 5.74) is 0.151. The number of carbonyl (C=O) groups excluding carboxylic acids is 2. The van der Waals surface area contributed by atoms with Crippen LogP contribution in [0.15, 0.2) is 18.2 Å². The third kappa shape index (κ3) is 4.74. The Kier molecular flexibility index (Phi) is 6.25. The van der Waals surface area contributed by atoms with Gasteiger partial charge in [0.2, 0.25) is 6.41 Å². The Bertz CT molecular complexity index is 595. The number of halogens is 2. The van der Waals surface area contributed by atoms with Crippen LogP contribution in [0.4, 0.5) is 8.78 Å². The summed E-state index contributed by atoms with van der Waals surface area (Å²) in [6, 6.07) is 2.57. The van der Waals surface area contributed by atoms with E-state index in [2.05, 4.69) is 5.32 Å². The average molecular weight is 340 g/mol. The van der Waals surface area contributed by atoms with Crippen molar-refractivity contribution in [2.45, 2.75) is 44.9 Å². The SMILES string of the molecule is CC(C)OC(=O)CNC1CCN(C=O)C(c2cc(F)ccc2F)C1. The van der Waals surface area contributed by atoms with Gasteiger partial charge in [0.15, 0.2) is 0 Å². The number of carbonyl (C=O) groups is 2. The molecule has 2 unspecified atom stereocenters. The zero-order valence-corrected chi connectivity index (χ0v) is 13.8. The number of nitrogens with one attached hydrogen (secondary N) is 1. The number of esters is 1. The lowest BCUT2D eigenvalue weighted by atomic mass is 9.91. The standard InChI is InChI=1S/C17H22F2N2O3/c1-11(2)24-17(23)9-20-13-5-6-21(10-22)16(8-13)14-7-12(18)3-4-15(14)19/h3-4,7,10-11,13,16,20H,5-6,8-9H2,1-2H3. The number of benzene rings is 1. The highest BCUT2D eigenvalue weighted by atomic mass is 19.1. The number of ether oxygens (including phenoxy) is 1. The maximum absolute atomic E-state index is 14.0. The number of piperidine rings is 1. The van der Waals surface area contributed by atoms with Crippen LogP contribution < -0.4 is 5.32 Å². The molecule has 1 aliphatic rings. The van der Waals surface area contributed by atoms with Gasteiger partial charge in [0.25, 0.3) is 0 Å². The van der Waals surface area contributed by atoms with Crippen LogP contribution in [0.1, 0.15) is 38.3 Å². The molecule has 0 spiro atoms. The van der Waals surface area contributed by atoms with Crippen LogP contribution in [-0.2, 0) is 14.3 Å². The summed E-state index contributed by atoms with van der Waals surface area (Å²) in [6.07, 6.45) is 1.48. The molecule has 1 heterocycles. The summed E-state index contributed by atoms with van der Waals surface area (Å²) in [7, 11) is 0. The van der Waals surface area contributed by atoms with E-state index in [1.54, 1.807) is 13.8 Å². The summed E-state index contributed by atoms with van der Waals surface area (Å²) in [5.74, 6) is -1.46. The molecule has 7 heteroatoms. The van der Waals surface area contributed by atoms with E-state index in [1.807, 2.05) is 0 Å². The van der Waals surface area contributed by atoms with E-state index in [0.29, 0.717) is 25.8 Å². The van der Waals surface area contributed by atoms with Crippen molar-refractivity contribution in [2.24, 2.45) is 0 Å². The normalized spacial score (nSPS) is 21.0. The molecule has 2 rings (SSSR count). The van der Waals surface area contributed by atoms with E-state index in [9.17, 15) is 18.4 Å². The van der Waals surface area contributed by atoms with Gasteiger partial charge >= 0.3 is 5.97 Å². The third-order valence-corrected chi connectivity index (χ3v) is 4.00. The fourth-order valence-corrected chi connectivity index (χ4v) is 2.90. The van der Waals surface area contributed by atoms with Crippen LogP contribution in [0.2, 0.25) is 0 Å². The third-order valence-electron chi connectivity index (χ3n) is 4.00.